The average Bonchev–Trinajstić information content (AvgIpc) is 3.32. The first-order chi connectivity index (χ1) is 17.1. The number of rotatable bonds is 11. The van der Waals surface area contributed by atoms with Crippen molar-refractivity contribution < 1.29 is 27.5 Å². The van der Waals surface area contributed by atoms with Crippen molar-refractivity contribution in [3.63, 3.8) is 0 Å². The Labute approximate surface area is 221 Å². The van der Waals surface area contributed by atoms with E-state index in [1.54, 1.807) is 37.3 Å². The monoisotopic (exact) mass is 557 g/mol. The van der Waals surface area contributed by atoms with Crippen LogP contribution in [0.3, 0.4) is 0 Å². The third-order valence-corrected chi connectivity index (χ3v) is 8.02. The summed E-state index contributed by atoms with van der Waals surface area (Å²) < 4.78 is 37.7. The number of nitrogens with one attached hydrogen (secondary N) is 1. The normalized spacial score (nSPS) is 13.2. The van der Waals surface area contributed by atoms with Crippen LogP contribution in [0.1, 0.15) is 32.8 Å². The minimum absolute atomic E-state index is 0.0172. The van der Waals surface area contributed by atoms with Gasteiger partial charge in [-0.25, -0.2) is 8.42 Å². The Balaban J connectivity index is 1.95. The molecule has 1 unspecified atom stereocenters. The average molecular weight is 558 g/mol. The van der Waals surface area contributed by atoms with Gasteiger partial charge in [0.2, 0.25) is 28.6 Å². The summed E-state index contributed by atoms with van der Waals surface area (Å²) in [6.45, 7) is 4.93. The van der Waals surface area contributed by atoms with Crippen LogP contribution in [-0.4, -0.2) is 56.8 Å². The summed E-state index contributed by atoms with van der Waals surface area (Å²) in [6.07, 6.45) is 0.724. The van der Waals surface area contributed by atoms with E-state index in [1.807, 2.05) is 6.92 Å². The molecule has 2 aromatic rings. The quantitative estimate of drug-likeness (QED) is 0.450. The number of ether oxygens (including phenoxy) is 2. The van der Waals surface area contributed by atoms with Gasteiger partial charge in [-0.3, -0.25) is 13.9 Å². The lowest BCUT2D eigenvalue weighted by molar-refractivity contribution is -0.139. The van der Waals surface area contributed by atoms with Crippen molar-refractivity contribution in [1.82, 2.24) is 10.2 Å². The van der Waals surface area contributed by atoms with Crippen LogP contribution in [0.2, 0.25) is 10.0 Å². The van der Waals surface area contributed by atoms with E-state index in [4.69, 9.17) is 32.7 Å². The van der Waals surface area contributed by atoms with Crippen LogP contribution in [0, 0.1) is 0 Å². The highest BCUT2D eigenvalue weighted by molar-refractivity contribution is 7.92. The second-order valence-electron chi connectivity index (χ2n) is 8.17. The van der Waals surface area contributed by atoms with Gasteiger partial charge < -0.3 is 19.7 Å². The summed E-state index contributed by atoms with van der Waals surface area (Å²) >= 11 is 12.3. The predicted octanol–water partition coefficient (Wildman–Crippen LogP) is 3.82. The first kappa shape index (κ1) is 27.9. The number of benzene rings is 2. The number of anilines is 1. The van der Waals surface area contributed by atoms with Gasteiger partial charge in [0.05, 0.1) is 11.4 Å². The number of carbonyl (C=O) groups is 2. The van der Waals surface area contributed by atoms with E-state index in [1.165, 1.54) is 17.9 Å². The van der Waals surface area contributed by atoms with Gasteiger partial charge >= 0.3 is 0 Å². The maximum absolute atomic E-state index is 13.6. The molecule has 9 nitrogen and oxygen atoms in total. The number of amides is 2. The molecule has 12 heteroatoms. The molecule has 0 radical (unpaired) electrons. The number of sulfonamides is 1. The highest BCUT2D eigenvalue weighted by Gasteiger charge is 2.32. The Morgan fingerprint density at radius 3 is 2.47 bits per heavy atom. The zero-order valence-corrected chi connectivity index (χ0v) is 22.6. The van der Waals surface area contributed by atoms with Crippen molar-refractivity contribution >= 4 is 50.7 Å². The van der Waals surface area contributed by atoms with Crippen LogP contribution in [0.25, 0.3) is 0 Å². The van der Waals surface area contributed by atoms with Crippen LogP contribution < -0.4 is 19.1 Å². The van der Waals surface area contributed by atoms with E-state index < -0.39 is 28.5 Å². The van der Waals surface area contributed by atoms with Crippen LogP contribution in [0.5, 0.6) is 11.5 Å². The lowest BCUT2D eigenvalue weighted by Gasteiger charge is -2.32. The van der Waals surface area contributed by atoms with Gasteiger partial charge in [-0.2, -0.15) is 0 Å². The van der Waals surface area contributed by atoms with E-state index in [0.717, 1.165) is 10.7 Å². The Morgan fingerprint density at radius 1 is 1.08 bits per heavy atom. The summed E-state index contributed by atoms with van der Waals surface area (Å²) in [5.41, 5.74) is 0.819. The smallest absolute Gasteiger partial charge is 0.244 e. The second kappa shape index (κ2) is 12.0. The van der Waals surface area contributed by atoms with Crippen LogP contribution >= 0.6 is 23.2 Å². The molecule has 2 amide bonds. The zero-order valence-electron chi connectivity index (χ0n) is 20.3. The molecule has 0 saturated carbocycles. The molecule has 0 aromatic heterocycles. The number of hydrogen-bond acceptors (Lipinski definition) is 6. The summed E-state index contributed by atoms with van der Waals surface area (Å²) in [6, 6.07) is 8.61. The molecule has 0 aliphatic carbocycles. The van der Waals surface area contributed by atoms with Crippen LogP contribution in [0.4, 0.5) is 5.69 Å². The van der Waals surface area contributed by atoms with E-state index in [9.17, 15) is 18.0 Å². The molecule has 1 aliphatic rings. The molecular formula is C24H29Cl2N3O6S. The fraction of sp³-hybridized carbons (Fsp3) is 0.417. The molecule has 196 valence electrons. The van der Waals surface area contributed by atoms with Crippen LogP contribution in [-0.2, 0) is 26.2 Å². The molecule has 36 heavy (non-hydrogen) atoms. The molecule has 0 bridgehead atoms. The Bertz CT molecular complexity index is 1220. The Kier molecular flexibility index (Phi) is 9.32. The maximum Gasteiger partial charge on any atom is 0.244 e. The Hall–Kier alpha value is -2.69. The van der Waals surface area contributed by atoms with Gasteiger partial charge in [-0.05, 0) is 50.1 Å². The van der Waals surface area contributed by atoms with E-state index in [2.05, 4.69) is 5.32 Å². The minimum Gasteiger partial charge on any atom is -0.454 e. The topological polar surface area (TPSA) is 105 Å². The third kappa shape index (κ3) is 6.54. The van der Waals surface area contributed by atoms with Gasteiger partial charge in [-0.1, -0.05) is 36.2 Å². The molecule has 3 rings (SSSR count). The molecule has 2 aromatic carbocycles. The summed E-state index contributed by atoms with van der Waals surface area (Å²) in [4.78, 5) is 27.7. The van der Waals surface area contributed by atoms with Crippen molar-refractivity contribution in [2.45, 2.75) is 39.8 Å². The second-order valence-corrected chi connectivity index (χ2v) is 11.2. The number of carbonyl (C=O) groups excluding carboxylic acids is 2. The van der Waals surface area contributed by atoms with Gasteiger partial charge in [0.25, 0.3) is 0 Å². The zero-order chi connectivity index (χ0) is 26.5. The number of halogens is 2. The number of nitrogens with zero attached hydrogens (tertiary/aromatic N) is 2. The number of hydrogen-bond donors (Lipinski definition) is 1. The van der Waals surface area contributed by atoms with Gasteiger partial charge in [-0.15, -0.1) is 0 Å². The summed E-state index contributed by atoms with van der Waals surface area (Å²) in [7, 11) is -3.86. The first-order valence-corrected chi connectivity index (χ1v) is 13.8. The maximum atomic E-state index is 13.6. The fourth-order valence-electron chi connectivity index (χ4n) is 3.57. The largest absolute Gasteiger partial charge is 0.454 e. The molecule has 1 atom stereocenters. The van der Waals surface area contributed by atoms with E-state index >= 15 is 0 Å². The van der Waals surface area contributed by atoms with Crippen molar-refractivity contribution in [2.24, 2.45) is 0 Å². The third-order valence-electron chi connectivity index (χ3n) is 5.70. The molecule has 1 aliphatic heterocycles. The molecule has 1 heterocycles. The highest BCUT2D eigenvalue weighted by Crippen LogP contribution is 2.36. The van der Waals surface area contributed by atoms with Gasteiger partial charge in [0.15, 0.2) is 11.5 Å². The molecule has 1 N–H and O–H groups in total. The minimum atomic E-state index is -3.86. The lowest BCUT2D eigenvalue weighted by atomic mass is 10.1. The SMILES string of the molecule is CCCNC(=O)C(C)N(Cc1ccc(Cl)cc1Cl)C(=O)CN(c1ccc2c(c1)OCO2)S(=O)(=O)CC. The van der Waals surface area contributed by atoms with Gasteiger partial charge in [0, 0.05) is 29.2 Å². The van der Waals surface area contributed by atoms with Crippen LogP contribution in [0.15, 0.2) is 36.4 Å². The first-order valence-electron chi connectivity index (χ1n) is 11.5. The molecule has 0 saturated heterocycles. The molecule has 0 fully saturated rings. The predicted molar refractivity (Wildman–Crippen MR) is 139 cm³/mol. The van der Waals surface area contributed by atoms with E-state index in [0.29, 0.717) is 33.7 Å². The summed E-state index contributed by atoms with van der Waals surface area (Å²) in [5, 5.41) is 3.54. The highest BCUT2D eigenvalue weighted by atomic mass is 35.5. The number of fused-ring (bicyclic) bond motifs is 1. The van der Waals surface area contributed by atoms with Crippen molar-refractivity contribution in [3.8, 4) is 11.5 Å². The fourth-order valence-corrected chi connectivity index (χ4v) is 5.09. The van der Waals surface area contributed by atoms with E-state index in [-0.39, 0.29) is 30.7 Å². The lowest BCUT2D eigenvalue weighted by Crippen LogP contribution is -2.51. The van der Waals surface area contributed by atoms with Crippen molar-refractivity contribution in [1.29, 1.82) is 0 Å². The standard InChI is InChI=1S/C24H29Cl2N3O6S/c1-4-10-27-24(31)16(3)28(13-17-6-7-18(25)11-20(17)26)23(30)14-29(36(32,33)5-2)19-8-9-21-22(12-19)35-15-34-21/h6-9,11-12,16H,4-5,10,13-15H2,1-3H3,(H,27,31). The molecule has 0 spiro atoms. The summed E-state index contributed by atoms with van der Waals surface area (Å²) in [5.74, 6) is -0.296. The van der Waals surface area contributed by atoms with Crippen molar-refractivity contribution in [3.05, 3.63) is 52.0 Å². The Morgan fingerprint density at radius 2 is 1.81 bits per heavy atom. The van der Waals surface area contributed by atoms with Crippen molar-refractivity contribution in [2.75, 3.05) is 29.9 Å². The molecular weight excluding hydrogens is 529 g/mol. The van der Waals surface area contributed by atoms with Gasteiger partial charge in [0.1, 0.15) is 12.6 Å².